The highest BCUT2D eigenvalue weighted by atomic mass is 35.5. The monoisotopic (exact) mass is 331 g/mol. The maximum Gasteiger partial charge on any atom is 0.126 e. The molecule has 0 amide bonds. The highest BCUT2D eigenvalue weighted by molar-refractivity contribution is 6.36. The Morgan fingerprint density at radius 3 is 2.30 bits per heavy atom. The van der Waals surface area contributed by atoms with Crippen LogP contribution in [-0.4, -0.2) is 6.04 Å². The van der Waals surface area contributed by atoms with E-state index < -0.39 is 0 Å². The third kappa shape index (κ3) is 3.86. The van der Waals surface area contributed by atoms with Gasteiger partial charge < -0.3 is 5.73 Å². The quantitative estimate of drug-likeness (QED) is 0.847. The molecule has 0 fully saturated rings. The molecular formula is C15H13Cl3FN. The Balaban J connectivity index is 2.13. The Hall–Kier alpha value is -0.800. The van der Waals surface area contributed by atoms with Gasteiger partial charge in [0.1, 0.15) is 5.82 Å². The van der Waals surface area contributed by atoms with E-state index >= 15 is 0 Å². The Morgan fingerprint density at radius 2 is 1.65 bits per heavy atom. The molecule has 0 radical (unpaired) electrons. The zero-order chi connectivity index (χ0) is 14.7. The van der Waals surface area contributed by atoms with Crippen LogP contribution in [0.4, 0.5) is 4.39 Å². The second kappa shape index (κ2) is 6.77. The van der Waals surface area contributed by atoms with Crippen LogP contribution in [0.1, 0.15) is 11.1 Å². The fraction of sp³-hybridized carbons (Fsp3) is 0.200. The van der Waals surface area contributed by atoms with Crippen LogP contribution < -0.4 is 5.73 Å². The number of halogens is 4. The van der Waals surface area contributed by atoms with Crippen LogP contribution in [0.15, 0.2) is 36.4 Å². The Bertz CT molecular complexity index is 596. The summed E-state index contributed by atoms with van der Waals surface area (Å²) in [5, 5.41) is 1.63. The van der Waals surface area contributed by atoms with Crippen LogP contribution in [0.5, 0.6) is 0 Å². The first-order chi connectivity index (χ1) is 9.47. The molecule has 1 atom stereocenters. The summed E-state index contributed by atoms with van der Waals surface area (Å²) in [4.78, 5) is 0. The summed E-state index contributed by atoms with van der Waals surface area (Å²) in [6.45, 7) is 0. The molecule has 2 aromatic carbocycles. The minimum atomic E-state index is -0.310. The molecule has 5 heteroatoms. The smallest absolute Gasteiger partial charge is 0.126 e. The second-order valence-electron chi connectivity index (χ2n) is 4.60. The SMILES string of the molecule is NC(Cc1cc(Cl)ccc1F)Cc1c(Cl)cccc1Cl. The molecule has 0 saturated heterocycles. The topological polar surface area (TPSA) is 26.0 Å². The van der Waals surface area contributed by atoms with Gasteiger partial charge in [-0.1, -0.05) is 40.9 Å². The largest absolute Gasteiger partial charge is 0.327 e. The molecule has 2 rings (SSSR count). The van der Waals surface area contributed by atoms with Gasteiger partial charge in [-0.25, -0.2) is 4.39 Å². The van der Waals surface area contributed by atoms with Gasteiger partial charge in [0.05, 0.1) is 0 Å². The summed E-state index contributed by atoms with van der Waals surface area (Å²) in [7, 11) is 0. The predicted molar refractivity (Wildman–Crippen MR) is 83.3 cm³/mol. The van der Waals surface area contributed by atoms with Gasteiger partial charge in [0, 0.05) is 21.1 Å². The van der Waals surface area contributed by atoms with E-state index in [1.807, 2.05) is 0 Å². The first-order valence-corrected chi connectivity index (χ1v) is 7.23. The second-order valence-corrected chi connectivity index (χ2v) is 5.86. The van der Waals surface area contributed by atoms with E-state index in [9.17, 15) is 4.39 Å². The Morgan fingerprint density at radius 1 is 1.00 bits per heavy atom. The third-order valence-corrected chi connectivity index (χ3v) is 3.96. The highest BCUT2D eigenvalue weighted by Crippen LogP contribution is 2.26. The van der Waals surface area contributed by atoms with Crippen molar-refractivity contribution in [2.24, 2.45) is 5.73 Å². The zero-order valence-corrected chi connectivity index (χ0v) is 12.8. The van der Waals surface area contributed by atoms with Crippen molar-refractivity contribution < 1.29 is 4.39 Å². The maximum absolute atomic E-state index is 13.7. The van der Waals surface area contributed by atoms with Crippen molar-refractivity contribution in [2.75, 3.05) is 0 Å². The molecule has 0 bridgehead atoms. The molecule has 2 aromatic rings. The van der Waals surface area contributed by atoms with Crippen molar-refractivity contribution >= 4 is 34.8 Å². The minimum Gasteiger partial charge on any atom is -0.327 e. The van der Waals surface area contributed by atoms with Crippen molar-refractivity contribution in [3.05, 3.63) is 68.4 Å². The predicted octanol–water partition coefficient (Wildman–Crippen LogP) is 4.90. The third-order valence-electron chi connectivity index (χ3n) is 3.02. The van der Waals surface area contributed by atoms with E-state index in [2.05, 4.69) is 0 Å². The molecule has 106 valence electrons. The summed E-state index contributed by atoms with van der Waals surface area (Å²) in [5.41, 5.74) is 7.34. The van der Waals surface area contributed by atoms with E-state index in [0.29, 0.717) is 33.5 Å². The molecule has 0 saturated carbocycles. The molecule has 2 N–H and O–H groups in total. The summed E-state index contributed by atoms with van der Waals surface area (Å²) >= 11 is 18.1. The van der Waals surface area contributed by atoms with Gasteiger partial charge in [0.2, 0.25) is 0 Å². The van der Waals surface area contributed by atoms with Crippen LogP contribution in [-0.2, 0) is 12.8 Å². The molecule has 20 heavy (non-hydrogen) atoms. The fourth-order valence-corrected chi connectivity index (χ4v) is 2.79. The van der Waals surface area contributed by atoms with Crippen LogP contribution in [0.2, 0.25) is 15.1 Å². The lowest BCUT2D eigenvalue weighted by molar-refractivity contribution is 0.584. The van der Waals surface area contributed by atoms with Gasteiger partial charge in [-0.2, -0.15) is 0 Å². The number of nitrogens with two attached hydrogens (primary N) is 1. The Labute approximate surface area is 132 Å². The normalized spacial score (nSPS) is 12.4. The number of rotatable bonds is 4. The fourth-order valence-electron chi connectivity index (χ4n) is 2.04. The lowest BCUT2D eigenvalue weighted by Crippen LogP contribution is -2.26. The summed E-state index contributed by atoms with van der Waals surface area (Å²) in [6, 6.07) is 9.44. The summed E-state index contributed by atoms with van der Waals surface area (Å²) < 4.78 is 13.7. The number of hydrogen-bond acceptors (Lipinski definition) is 1. The molecule has 0 aliphatic heterocycles. The standard InChI is InChI=1S/C15H13Cl3FN/c16-10-4-5-15(19)9(6-10)7-11(20)8-12-13(17)2-1-3-14(12)18/h1-6,11H,7-8,20H2. The van der Waals surface area contributed by atoms with Crippen LogP contribution in [0.25, 0.3) is 0 Å². The van der Waals surface area contributed by atoms with Gasteiger partial charge in [-0.3, -0.25) is 0 Å². The molecule has 0 spiro atoms. The van der Waals surface area contributed by atoms with Gasteiger partial charge in [0.15, 0.2) is 0 Å². The number of hydrogen-bond donors (Lipinski definition) is 1. The van der Waals surface area contributed by atoms with Crippen LogP contribution in [0, 0.1) is 5.82 Å². The van der Waals surface area contributed by atoms with Crippen molar-refractivity contribution in [1.29, 1.82) is 0 Å². The lowest BCUT2D eigenvalue weighted by Gasteiger charge is -2.14. The molecule has 0 aliphatic rings. The summed E-state index contributed by atoms with van der Waals surface area (Å²) in [5.74, 6) is -0.310. The maximum atomic E-state index is 13.7. The first kappa shape index (κ1) is 15.6. The Kier molecular flexibility index (Phi) is 5.28. The van der Waals surface area contributed by atoms with Crippen molar-refractivity contribution in [3.63, 3.8) is 0 Å². The van der Waals surface area contributed by atoms with Gasteiger partial charge >= 0.3 is 0 Å². The molecule has 1 unspecified atom stereocenters. The van der Waals surface area contributed by atoms with E-state index in [0.717, 1.165) is 5.56 Å². The lowest BCUT2D eigenvalue weighted by atomic mass is 9.99. The average molecular weight is 333 g/mol. The molecule has 0 heterocycles. The van der Waals surface area contributed by atoms with Gasteiger partial charge in [-0.15, -0.1) is 0 Å². The minimum absolute atomic E-state index is 0.291. The van der Waals surface area contributed by atoms with Crippen molar-refractivity contribution in [2.45, 2.75) is 18.9 Å². The molecule has 0 aliphatic carbocycles. The highest BCUT2D eigenvalue weighted by Gasteiger charge is 2.13. The van der Waals surface area contributed by atoms with E-state index in [1.165, 1.54) is 12.1 Å². The molecule has 0 aromatic heterocycles. The zero-order valence-electron chi connectivity index (χ0n) is 10.5. The van der Waals surface area contributed by atoms with Gasteiger partial charge in [-0.05, 0) is 54.3 Å². The average Bonchev–Trinajstić information content (AvgIpc) is 2.38. The first-order valence-electron chi connectivity index (χ1n) is 6.09. The molecule has 1 nitrogen and oxygen atoms in total. The molecular weight excluding hydrogens is 320 g/mol. The van der Waals surface area contributed by atoms with E-state index in [1.54, 1.807) is 24.3 Å². The van der Waals surface area contributed by atoms with Gasteiger partial charge in [0.25, 0.3) is 0 Å². The van der Waals surface area contributed by atoms with Crippen molar-refractivity contribution in [1.82, 2.24) is 0 Å². The van der Waals surface area contributed by atoms with Crippen LogP contribution >= 0.6 is 34.8 Å². The van der Waals surface area contributed by atoms with E-state index in [-0.39, 0.29) is 11.9 Å². The number of benzene rings is 2. The van der Waals surface area contributed by atoms with Crippen molar-refractivity contribution in [3.8, 4) is 0 Å². The van der Waals surface area contributed by atoms with E-state index in [4.69, 9.17) is 40.5 Å². The van der Waals surface area contributed by atoms with Crippen LogP contribution in [0.3, 0.4) is 0 Å². The summed E-state index contributed by atoms with van der Waals surface area (Å²) in [6.07, 6.45) is 0.846.